The topological polar surface area (TPSA) is 50.5 Å². The molecule has 0 aliphatic carbocycles. The van der Waals surface area contributed by atoms with Gasteiger partial charge in [0, 0.05) is 31.4 Å². The van der Waals surface area contributed by atoms with Crippen molar-refractivity contribution in [3.8, 4) is 0 Å². The van der Waals surface area contributed by atoms with E-state index in [0.29, 0.717) is 6.61 Å². The highest BCUT2D eigenvalue weighted by Gasteiger charge is 2.27. The summed E-state index contributed by atoms with van der Waals surface area (Å²) in [6, 6.07) is 0. The lowest BCUT2D eigenvalue weighted by molar-refractivity contribution is -0.0844. The quantitative estimate of drug-likeness (QED) is 0.802. The molecule has 2 unspecified atom stereocenters. The molecule has 2 heterocycles. The Kier molecular flexibility index (Phi) is 3.58. The zero-order valence-corrected chi connectivity index (χ0v) is 9.83. The molecule has 5 nitrogen and oxygen atoms in total. The molecule has 1 N–H and O–H groups in total. The van der Waals surface area contributed by atoms with Gasteiger partial charge in [-0.1, -0.05) is 0 Å². The van der Waals surface area contributed by atoms with Gasteiger partial charge < -0.3 is 14.7 Å². The fraction of sp³-hybridized carbons (Fsp3) is 0.727. The zero-order valence-electron chi connectivity index (χ0n) is 9.83. The van der Waals surface area contributed by atoms with Gasteiger partial charge in [0.1, 0.15) is 12.2 Å². The first kappa shape index (κ1) is 11.6. The van der Waals surface area contributed by atoms with Crippen LogP contribution in [0.3, 0.4) is 0 Å². The van der Waals surface area contributed by atoms with E-state index in [1.807, 2.05) is 24.9 Å². The predicted molar refractivity (Wildman–Crippen MR) is 60.1 cm³/mol. The van der Waals surface area contributed by atoms with Crippen LogP contribution in [0.2, 0.25) is 0 Å². The number of nitrogens with zero attached hydrogens (tertiary/aromatic N) is 3. The molecule has 1 aliphatic heterocycles. The minimum absolute atomic E-state index is 0.145. The van der Waals surface area contributed by atoms with Crippen molar-refractivity contribution in [2.75, 3.05) is 26.7 Å². The van der Waals surface area contributed by atoms with Crippen molar-refractivity contribution in [3.05, 3.63) is 18.0 Å². The van der Waals surface area contributed by atoms with Crippen LogP contribution < -0.4 is 0 Å². The molecular weight excluding hydrogens is 206 g/mol. The number of aryl methyl sites for hydroxylation is 1. The van der Waals surface area contributed by atoms with Crippen LogP contribution in [0.1, 0.15) is 18.6 Å². The number of morpholine rings is 1. The second-order valence-electron chi connectivity index (χ2n) is 4.25. The predicted octanol–water partition coefficient (Wildman–Crippen LogP) is 0.267. The van der Waals surface area contributed by atoms with Gasteiger partial charge in [0.05, 0.1) is 12.8 Å². The van der Waals surface area contributed by atoms with Crippen molar-refractivity contribution in [2.45, 2.75) is 25.7 Å². The average Bonchev–Trinajstić information content (AvgIpc) is 2.76. The highest BCUT2D eigenvalue weighted by molar-refractivity contribution is 5.10. The van der Waals surface area contributed by atoms with E-state index in [4.69, 9.17) is 4.74 Å². The van der Waals surface area contributed by atoms with Gasteiger partial charge in [-0.25, -0.2) is 0 Å². The maximum Gasteiger partial charge on any atom is 0.109 e. The molecule has 0 amide bonds. The van der Waals surface area contributed by atoms with E-state index in [9.17, 15) is 5.11 Å². The van der Waals surface area contributed by atoms with Crippen LogP contribution in [0, 0.1) is 0 Å². The fourth-order valence-corrected chi connectivity index (χ4v) is 1.92. The molecule has 2 rings (SSSR count). The number of likely N-dealkylation sites (N-methyl/N-ethyl adjacent to an activating group) is 1. The maximum absolute atomic E-state index is 10.2. The Hall–Kier alpha value is -0.910. The number of aliphatic hydroxyl groups excluding tert-OH is 1. The number of hydrogen-bond donors (Lipinski definition) is 1. The summed E-state index contributed by atoms with van der Waals surface area (Å²) in [6.45, 7) is 5.21. The van der Waals surface area contributed by atoms with Crippen molar-refractivity contribution < 1.29 is 9.84 Å². The molecule has 16 heavy (non-hydrogen) atoms. The summed E-state index contributed by atoms with van der Waals surface area (Å²) >= 11 is 0. The van der Waals surface area contributed by atoms with Crippen molar-refractivity contribution in [3.63, 3.8) is 0 Å². The van der Waals surface area contributed by atoms with Gasteiger partial charge in [-0.2, -0.15) is 5.10 Å². The molecule has 0 aromatic carbocycles. The minimum atomic E-state index is -0.581. The summed E-state index contributed by atoms with van der Waals surface area (Å²) in [4.78, 5) is 2.17. The lowest BCUT2D eigenvalue weighted by atomic mass is 10.1. The van der Waals surface area contributed by atoms with E-state index < -0.39 is 6.10 Å². The molecule has 1 fully saturated rings. The van der Waals surface area contributed by atoms with Crippen LogP contribution in [0.25, 0.3) is 0 Å². The van der Waals surface area contributed by atoms with E-state index in [2.05, 4.69) is 10.00 Å². The summed E-state index contributed by atoms with van der Waals surface area (Å²) in [7, 11) is 2.04. The van der Waals surface area contributed by atoms with Crippen LogP contribution >= 0.6 is 0 Å². The van der Waals surface area contributed by atoms with Gasteiger partial charge in [0.25, 0.3) is 0 Å². The molecule has 0 radical (unpaired) electrons. The lowest BCUT2D eigenvalue weighted by Gasteiger charge is -2.32. The first-order valence-electron chi connectivity index (χ1n) is 5.71. The summed E-state index contributed by atoms with van der Waals surface area (Å²) in [5.41, 5.74) is 0.835. The third-order valence-corrected chi connectivity index (χ3v) is 2.97. The van der Waals surface area contributed by atoms with E-state index in [0.717, 1.165) is 25.2 Å². The van der Waals surface area contributed by atoms with Gasteiger partial charge >= 0.3 is 0 Å². The second-order valence-corrected chi connectivity index (χ2v) is 4.25. The Bertz CT molecular complexity index is 340. The molecule has 90 valence electrons. The maximum atomic E-state index is 10.2. The Balaban J connectivity index is 2.02. The van der Waals surface area contributed by atoms with E-state index in [1.165, 1.54) is 0 Å². The van der Waals surface area contributed by atoms with Crippen LogP contribution in [-0.2, 0) is 11.3 Å². The van der Waals surface area contributed by atoms with Crippen LogP contribution in [0.4, 0.5) is 0 Å². The lowest BCUT2D eigenvalue weighted by Crippen LogP contribution is -2.42. The number of rotatable bonds is 3. The molecule has 2 atom stereocenters. The van der Waals surface area contributed by atoms with Gasteiger partial charge in [0.15, 0.2) is 0 Å². The zero-order chi connectivity index (χ0) is 11.5. The minimum Gasteiger partial charge on any atom is -0.386 e. The Morgan fingerprint density at radius 3 is 3.12 bits per heavy atom. The van der Waals surface area contributed by atoms with Gasteiger partial charge in [-0.15, -0.1) is 0 Å². The van der Waals surface area contributed by atoms with Crippen LogP contribution in [-0.4, -0.2) is 52.6 Å². The summed E-state index contributed by atoms with van der Waals surface area (Å²) in [6.07, 6.45) is 2.87. The van der Waals surface area contributed by atoms with Crippen molar-refractivity contribution in [1.82, 2.24) is 14.7 Å². The Morgan fingerprint density at radius 1 is 1.69 bits per heavy atom. The third kappa shape index (κ3) is 2.42. The first-order chi connectivity index (χ1) is 7.70. The Morgan fingerprint density at radius 2 is 2.50 bits per heavy atom. The first-order valence-corrected chi connectivity index (χ1v) is 5.71. The van der Waals surface area contributed by atoms with Gasteiger partial charge in [0.2, 0.25) is 0 Å². The number of ether oxygens (including phenoxy) is 1. The van der Waals surface area contributed by atoms with Crippen LogP contribution in [0.15, 0.2) is 12.4 Å². The van der Waals surface area contributed by atoms with E-state index in [-0.39, 0.29) is 6.10 Å². The smallest absolute Gasteiger partial charge is 0.109 e. The molecule has 5 heteroatoms. The molecule has 1 saturated heterocycles. The van der Waals surface area contributed by atoms with Crippen molar-refractivity contribution in [1.29, 1.82) is 0 Å². The monoisotopic (exact) mass is 225 g/mol. The molecule has 0 spiro atoms. The molecule has 1 aliphatic rings. The number of aromatic nitrogens is 2. The number of hydrogen-bond acceptors (Lipinski definition) is 4. The summed E-state index contributed by atoms with van der Waals surface area (Å²) in [5.74, 6) is 0. The highest BCUT2D eigenvalue weighted by atomic mass is 16.5. The largest absolute Gasteiger partial charge is 0.386 e. The molecule has 1 aromatic heterocycles. The summed E-state index contributed by atoms with van der Waals surface area (Å²) in [5, 5.41) is 14.3. The number of aliphatic hydroxyl groups is 1. The van der Waals surface area contributed by atoms with E-state index >= 15 is 0 Å². The molecule has 0 saturated carbocycles. The van der Waals surface area contributed by atoms with E-state index in [1.54, 1.807) is 6.20 Å². The standard InChI is InChI=1S/C11H19N3O2/c1-3-14-7-9(6-12-14)11(15)10-8-13(2)4-5-16-10/h6-7,10-11,15H,3-5,8H2,1-2H3. The summed E-state index contributed by atoms with van der Waals surface area (Å²) < 4.78 is 7.39. The SMILES string of the molecule is CCn1cc(C(O)C2CN(C)CCO2)cn1. The van der Waals surface area contributed by atoms with Gasteiger partial charge in [-0.05, 0) is 14.0 Å². The molecule has 0 bridgehead atoms. The molecule has 1 aromatic rings. The Labute approximate surface area is 95.6 Å². The normalized spacial score (nSPS) is 24.6. The molecular formula is C11H19N3O2. The fourth-order valence-electron chi connectivity index (χ4n) is 1.92. The third-order valence-electron chi connectivity index (χ3n) is 2.97. The average molecular weight is 225 g/mol. The van der Waals surface area contributed by atoms with Crippen molar-refractivity contribution in [2.24, 2.45) is 0 Å². The van der Waals surface area contributed by atoms with Gasteiger partial charge in [-0.3, -0.25) is 4.68 Å². The highest BCUT2D eigenvalue weighted by Crippen LogP contribution is 2.21. The second kappa shape index (κ2) is 4.95. The van der Waals surface area contributed by atoms with Crippen LogP contribution in [0.5, 0.6) is 0 Å². The van der Waals surface area contributed by atoms with Crippen molar-refractivity contribution >= 4 is 0 Å².